The third-order valence-electron chi connectivity index (χ3n) is 2.62. The molecule has 2 nitrogen and oxygen atoms in total. The van der Waals surface area contributed by atoms with Gasteiger partial charge in [-0.3, -0.25) is 0 Å². The average molecular weight is 207 g/mol. The molecular weight excluding hydrogens is 195 g/mol. The Morgan fingerprint density at radius 1 is 1.21 bits per heavy atom. The molecular formula is C9H12F3NO. The lowest BCUT2D eigenvalue weighted by Crippen LogP contribution is -2.35. The summed E-state index contributed by atoms with van der Waals surface area (Å²) in [4.78, 5) is 12.8. The van der Waals surface area contributed by atoms with E-state index in [1.165, 1.54) is 0 Å². The normalized spacial score (nSPS) is 21.4. The molecule has 0 aromatic heterocycles. The first-order valence-corrected chi connectivity index (χ1v) is 4.69. The van der Waals surface area contributed by atoms with Gasteiger partial charge in [0, 0.05) is 0 Å². The van der Waals surface area contributed by atoms with E-state index < -0.39 is 18.1 Å². The number of rotatable bonds is 2. The lowest BCUT2D eigenvalue weighted by molar-refractivity contribution is -0.160. The largest absolute Gasteiger partial charge is 0.411 e. The van der Waals surface area contributed by atoms with Crippen molar-refractivity contribution in [2.45, 2.75) is 44.3 Å². The van der Waals surface area contributed by atoms with Gasteiger partial charge in [-0.2, -0.15) is 18.2 Å². The molecule has 0 bridgehead atoms. The van der Waals surface area contributed by atoms with E-state index in [1.54, 1.807) is 0 Å². The van der Waals surface area contributed by atoms with Crippen molar-refractivity contribution in [3.05, 3.63) is 0 Å². The second-order valence-electron chi connectivity index (χ2n) is 3.60. The van der Waals surface area contributed by atoms with Crippen LogP contribution in [0, 0.1) is 5.92 Å². The lowest BCUT2D eigenvalue weighted by atomic mass is 9.84. The second-order valence-corrected chi connectivity index (χ2v) is 3.60. The van der Waals surface area contributed by atoms with Crippen molar-refractivity contribution in [2.24, 2.45) is 10.9 Å². The zero-order valence-corrected chi connectivity index (χ0v) is 7.68. The number of hydrogen-bond acceptors (Lipinski definition) is 2. The SMILES string of the molecule is O=C=NC(C1CCCCC1)C(F)(F)F. The fraction of sp³-hybridized carbons (Fsp3) is 0.889. The molecule has 80 valence electrons. The molecule has 0 aromatic carbocycles. The molecule has 0 N–H and O–H groups in total. The molecule has 0 spiro atoms. The Balaban J connectivity index is 2.70. The quantitative estimate of drug-likeness (QED) is 0.505. The van der Waals surface area contributed by atoms with E-state index in [1.807, 2.05) is 0 Å². The van der Waals surface area contributed by atoms with E-state index >= 15 is 0 Å². The van der Waals surface area contributed by atoms with Gasteiger partial charge in [0.1, 0.15) is 0 Å². The molecule has 1 unspecified atom stereocenters. The minimum absolute atomic E-state index is 0.509. The smallest absolute Gasteiger partial charge is 0.211 e. The zero-order chi connectivity index (χ0) is 10.6. The van der Waals surface area contributed by atoms with Crippen LogP contribution in [0.4, 0.5) is 13.2 Å². The van der Waals surface area contributed by atoms with Gasteiger partial charge >= 0.3 is 6.18 Å². The molecule has 0 saturated heterocycles. The zero-order valence-electron chi connectivity index (χ0n) is 7.68. The Bertz CT molecular complexity index is 227. The molecule has 1 aliphatic rings. The number of aliphatic imine (C=N–C) groups is 1. The van der Waals surface area contributed by atoms with E-state index in [9.17, 15) is 18.0 Å². The first-order chi connectivity index (χ1) is 6.55. The molecule has 0 heterocycles. The Morgan fingerprint density at radius 3 is 2.21 bits per heavy atom. The highest BCUT2D eigenvalue weighted by Gasteiger charge is 2.45. The molecule has 0 aromatic rings. The van der Waals surface area contributed by atoms with Crippen LogP contribution >= 0.6 is 0 Å². The van der Waals surface area contributed by atoms with Crippen molar-refractivity contribution in [3.8, 4) is 0 Å². The highest BCUT2D eigenvalue weighted by molar-refractivity contribution is 5.34. The van der Waals surface area contributed by atoms with E-state index in [2.05, 4.69) is 4.99 Å². The predicted molar refractivity (Wildman–Crippen MR) is 44.5 cm³/mol. The maximum absolute atomic E-state index is 12.4. The van der Waals surface area contributed by atoms with Crippen molar-refractivity contribution in [3.63, 3.8) is 0 Å². The van der Waals surface area contributed by atoms with Gasteiger partial charge in [-0.25, -0.2) is 4.79 Å². The molecule has 0 aliphatic heterocycles. The maximum Gasteiger partial charge on any atom is 0.411 e. The molecule has 14 heavy (non-hydrogen) atoms. The molecule has 1 saturated carbocycles. The van der Waals surface area contributed by atoms with Gasteiger partial charge in [0.2, 0.25) is 6.08 Å². The molecule has 1 fully saturated rings. The Kier molecular flexibility index (Phi) is 3.69. The van der Waals surface area contributed by atoms with Crippen LogP contribution in [0.3, 0.4) is 0 Å². The molecule has 1 rings (SSSR count). The van der Waals surface area contributed by atoms with Gasteiger partial charge in [-0.1, -0.05) is 19.3 Å². The molecule has 0 radical (unpaired) electrons. The minimum atomic E-state index is -4.40. The predicted octanol–water partition coefficient (Wildman–Crippen LogP) is 2.83. The van der Waals surface area contributed by atoms with Gasteiger partial charge in [0.05, 0.1) is 0 Å². The van der Waals surface area contributed by atoms with Crippen LogP contribution < -0.4 is 0 Å². The molecule has 1 atom stereocenters. The summed E-state index contributed by atoms with van der Waals surface area (Å²) in [6, 6.07) is -1.83. The van der Waals surface area contributed by atoms with Gasteiger partial charge in [0.25, 0.3) is 0 Å². The highest BCUT2D eigenvalue weighted by Crippen LogP contribution is 2.36. The van der Waals surface area contributed by atoms with E-state index in [0.29, 0.717) is 12.8 Å². The summed E-state index contributed by atoms with van der Waals surface area (Å²) in [5, 5.41) is 0. The molecule has 5 heteroatoms. The summed E-state index contributed by atoms with van der Waals surface area (Å²) in [5.41, 5.74) is 0. The van der Waals surface area contributed by atoms with Gasteiger partial charge < -0.3 is 0 Å². The standard InChI is InChI=1S/C9H12F3NO/c10-9(11,12)8(13-6-14)7-4-2-1-3-5-7/h7-8H,1-5H2. The third-order valence-corrected chi connectivity index (χ3v) is 2.62. The van der Waals surface area contributed by atoms with Crippen molar-refractivity contribution < 1.29 is 18.0 Å². The topological polar surface area (TPSA) is 29.4 Å². The van der Waals surface area contributed by atoms with Crippen LogP contribution in [0.25, 0.3) is 0 Å². The van der Waals surface area contributed by atoms with Crippen LogP contribution in [0.5, 0.6) is 0 Å². The number of carbonyl (C=O) groups excluding carboxylic acids is 1. The van der Waals surface area contributed by atoms with Gasteiger partial charge in [-0.15, -0.1) is 0 Å². The number of halogens is 3. The Hall–Kier alpha value is -0.830. The molecule has 0 amide bonds. The van der Waals surface area contributed by atoms with Gasteiger partial charge in [-0.05, 0) is 18.8 Å². The second kappa shape index (κ2) is 4.60. The fourth-order valence-corrected chi connectivity index (χ4v) is 1.95. The summed E-state index contributed by atoms with van der Waals surface area (Å²) >= 11 is 0. The van der Waals surface area contributed by atoms with Crippen LogP contribution in [0.2, 0.25) is 0 Å². The van der Waals surface area contributed by atoms with Crippen molar-refractivity contribution >= 4 is 6.08 Å². The average Bonchev–Trinajstić information content (AvgIpc) is 2.14. The minimum Gasteiger partial charge on any atom is -0.211 e. The lowest BCUT2D eigenvalue weighted by Gasteiger charge is -2.27. The number of nitrogens with zero attached hydrogens (tertiary/aromatic N) is 1. The summed E-state index contributed by atoms with van der Waals surface area (Å²) in [6.07, 6.45) is 0.214. The maximum atomic E-state index is 12.4. The summed E-state index contributed by atoms with van der Waals surface area (Å²) in [7, 11) is 0. The highest BCUT2D eigenvalue weighted by atomic mass is 19.4. The van der Waals surface area contributed by atoms with E-state index in [0.717, 1.165) is 25.3 Å². The van der Waals surface area contributed by atoms with Crippen LogP contribution in [0.15, 0.2) is 4.99 Å². The number of isocyanates is 1. The van der Waals surface area contributed by atoms with Crippen molar-refractivity contribution in [1.82, 2.24) is 0 Å². The number of alkyl halides is 3. The first-order valence-electron chi connectivity index (χ1n) is 4.69. The number of hydrogen-bond donors (Lipinski definition) is 0. The Morgan fingerprint density at radius 2 is 1.79 bits per heavy atom. The summed E-state index contributed by atoms with van der Waals surface area (Å²) < 4.78 is 37.3. The first kappa shape index (κ1) is 11.2. The van der Waals surface area contributed by atoms with Crippen molar-refractivity contribution in [2.75, 3.05) is 0 Å². The summed E-state index contributed by atoms with van der Waals surface area (Å²) in [5.74, 6) is -0.523. The van der Waals surface area contributed by atoms with E-state index in [-0.39, 0.29) is 0 Å². The van der Waals surface area contributed by atoms with Crippen LogP contribution in [0.1, 0.15) is 32.1 Å². The van der Waals surface area contributed by atoms with Crippen LogP contribution in [-0.4, -0.2) is 18.3 Å². The van der Waals surface area contributed by atoms with Gasteiger partial charge in [0.15, 0.2) is 6.04 Å². The van der Waals surface area contributed by atoms with Crippen molar-refractivity contribution in [1.29, 1.82) is 0 Å². The third kappa shape index (κ3) is 2.84. The summed E-state index contributed by atoms with van der Waals surface area (Å²) in [6.45, 7) is 0. The van der Waals surface area contributed by atoms with E-state index in [4.69, 9.17) is 0 Å². The molecule has 1 aliphatic carbocycles. The van der Waals surface area contributed by atoms with Crippen LogP contribution in [-0.2, 0) is 4.79 Å². The Labute approximate surface area is 80.2 Å². The fourth-order valence-electron chi connectivity index (χ4n) is 1.95. The monoisotopic (exact) mass is 207 g/mol.